The minimum atomic E-state index is -2.64. The zero-order chi connectivity index (χ0) is 10.4. The van der Waals surface area contributed by atoms with E-state index in [2.05, 4.69) is 10.1 Å². The summed E-state index contributed by atoms with van der Waals surface area (Å²) in [5, 5.41) is 3.07. The fraction of sp³-hybridized carbons (Fsp3) is 1.00. The zero-order valence-corrected chi connectivity index (χ0v) is 8.64. The highest BCUT2D eigenvalue weighted by Gasteiger charge is 2.23. The Hall–Kier alpha value is -0.220. The topological polar surface area (TPSA) is 21.3 Å². The molecule has 1 aliphatic rings. The Morgan fingerprint density at radius 3 is 2.43 bits per heavy atom. The van der Waals surface area contributed by atoms with Gasteiger partial charge in [0, 0.05) is 6.04 Å². The fourth-order valence-corrected chi connectivity index (χ4v) is 2.17. The fourth-order valence-electron chi connectivity index (χ4n) is 2.17. The van der Waals surface area contributed by atoms with Crippen LogP contribution >= 0.6 is 0 Å². The average Bonchev–Trinajstić information content (AvgIpc) is 2.20. The molecule has 1 aliphatic carbocycles. The number of hydrogen-bond acceptors (Lipinski definition) is 2. The molecule has 1 rings (SSSR count). The molecule has 0 amide bonds. The molecule has 1 unspecified atom stereocenters. The predicted octanol–water partition coefficient (Wildman–Crippen LogP) is 2.39. The summed E-state index contributed by atoms with van der Waals surface area (Å²) in [6.45, 7) is -2.52. The van der Waals surface area contributed by atoms with E-state index in [1.165, 1.54) is 19.3 Å². The van der Waals surface area contributed by atoms with Crippen molar-refractivity contribution < 1.29 is 13.5 Å². The quantitative estimate of drug-likeness (QED) is 0.747. The van der Waals surface area contributed by atoms with Gasteiger partial charge in [0.05, 0.1) is 6.61 Å². The molecule has 0 aromatic rings. The molecule has 4 heteroatoms. The zero-order valence-electron chi connectivity index (χ0n) is 8.64. The van der Waals surface area contributed by atoms with Crippen molar-refractivity contribution in [2.45, 2.75) is 44.8 Å². The number of ether oxygens (including phenoxy) is 1. The minimum Gasteiger partial charge on any atom is -0.321 e. The lowest BCUT2D eigenvalue weighted by Gasteiger charge is -2.29. The standard InChI is InChI=1S/C10H19F2NO/c1-13-9(7-14-10(11)12)8-5-3-2-4-6-8/h8-10,13H,2-7H2,1H3. The van der Waals surface area contributed by atoms with Crippen molar-refractivity contribution in [1.82, 2.24) is 5.32 Å². The number of hydrogen-bond donors (Lipinski definition) is 1. The summed E-state index contributed by atoms with van der Waals surface area (Å²) < 4.78 is 28.0. The maximum absolute atomic E-state index is 11.8. The Bertz CT molecular complexity index is 149. The Balaban J connectivity index is 2.28. The van der Waals surface area contributed by atoms with E-state index in [-0.39, 0.29) is 12.6 Å². The van der Waals surface area contributed by atoms with E-state index in [4.69, 9.17) is 0 Å². The summed E-state index contributed by atoms with van der Waals surface area (Å²) in [5.41, 5.74) is 0. The normalized spacial score (nSPS) is 21.4. The monoisotopic (exact) mass is 207 g/mol. The van der Waals surface area contributed by atoms with Gasteiger partial charge in [-0.05, 0) is 25.8 Å². The van der Waals surface area contributed by atoms with E-state index < -0.39 is 6.61 Å². The van der Waals surface area contributed by atoms with Gasteiger partial charge in [-0.1, -0.05) is 19.3 Å². The van der Waals surface area contributed by atoms with Gasteiger partial charge in [-0.3, -0.25) is 0 Å². The molecular formula is C10H19F2NO. The molecule has 1 atom stereocenters. The van der Waals surface area contributed by atoms with Gasteiger partial charge in [0.2, 0.25) is 0 Å². The molecule has 84 valence electrons. The second-order valence-electron chi connectivity index (χ2n) is 3.89. The highest BCUT2D eigenvalue weighted by molar-refractivity contribution is 4.77. The highest BCUT2D eigenvalue weighted by Crippen LogP contribution is 2.26. The largest absolute Gasteiger partial charge is 0.345 e. The average molecular weight is 207 g/mol. The summed E-state index contributed by atoms with van der Waals surface area (Å²) in [6.07, 6.45) is 5.99. The molecule has 0 bridgehead atoms. The van der Waals surface area contributed by atoms with Crippen LogP contribution in [0.25, 0.3) is 0 Å². The van der Waals surface area contributed by atoms with Crippen molar-refractivity contribution in [2.24, 2.45) is 5.92 Å². The van der Waals surface area contributed by atoms with Crippen LogP contribution in [0.1, 0.15) is 32.1 Å². The van der Waals surface area contributed by atoms with Crippen LogP contribution in [0, 0.1) is 5.92 Å². The van der Waals surface area contributed by atoms with Crippen LogP contribution in [0.3, 0.4) is 0 Å². The minimum absolute atomic E-state index is 0.0873. The second kappa shape index (κ2) is 6.30. The van der Waals surface area contributed by atoms with Crippen molar-refractivity contribution in [2.75, 3.05) is 13.7 Å². The third-order valence-corrected chi connectivity index (χ3v) is 2.99. The van der Waals surface area contributed by atoms with Crippen LogP contribution in [0.15, 0.2) is 0 Å². The van der Waals surface area contributed by atoms with Crippen LogP contribution in [0.4, 0.5) is 8.78 Å². The van der Waals surface area contributed by atoms with Crippen molar-refractivity contribution in [1.29, 1.82) is 0 Å². The predicted molar refractivity (Wildman–Crippen MR) is 51.4 cm³/mol. The van der Waals surface area contributed by atoms with Crippen LogP contribution in [-0.4, -0.2) is 26.3 Å². The number of nitrogens with one attached hydrogen (secondary N) is 1. The summed E-state index contributed by atoms with van der Waals surface area (Å²) in [6, 6.07) is 0.0873. The summed E-state index contributed by atoms with van der Waals surface area (Å²) >= 11 is 0. The molecule has 0 heterocycles. The third kappa shape index (κ3) is 3.88. The highest BCUT2D eigenvalue weighted by atomic mass is 19.3. The number of rotatable bonds is 5. The molecule has 0 aliphatic heterocycles. The van der Waals surface area contributed by atoms with E-state index in [1.54, 1.807) is 0 Å². The molecule has 0 saturated heterocycles. The first-order valence-corrected chi connectivity index (χ1v) is 5.31. The van der Waals surface area contributed by atoms with Crippen molar-refractivity contribution in [3.8, 4) is 0 Å². The molecule has 2 nitrogen and oxygen atoms in total. The lowest BCUT2D eigenvalue weighted by atomic mass is 9.84. The third-order valence-electron chi connectivity index (χ3n) is 2.99. The van der Waals surface area contributed by atoms with Gasteiger partial charge >= 0.3 is 6.61 Å². The SMILES string of the molecule is CNC(COC(F)F)C1CCCCC1. The van der Waals surface area contributed by atoms with Crippen LogP contribution < -0.4 is 5.32 Å². The summed E-state index contributed by atoms with van der Waals surface area (Å²) in [4.78, 5) is 0. The molecule has 0 radical (unpaired) electrons. The summed E-state index contributed by atoms with van der Waals surface area (Å²) in [7, 11) is 1.81. The maximum atomic E-state index is 11.8. The number of halogens is 2. The molecule has 0 spiro atoms. The first-order valence-electron chi connectivity index (χ1n) is 5.31. The van der Waals surface area contributed by atoms with Crippen molar-refractivity contribution >= 4 is 0 Å². The van der Waals surface area contributed by atoms with Gasteiger partial charge in [0.25, 0.3) is 0 Å². The molecule has 14 heavy (non-hydrogen) atoms. The molecular weight excluding hydrogens is 188 g/mol. The second-order valence-corrected chi connectivity index (χ2v) is 3.89. The van der Waals surface area contributed by atoms with E-state index in [1.807, 2.05) is 7.05 Å². The van der Waals surface area contributed by atoms with Crippen molar-refractivity contribution in [3.05, 3.63) is 0 Å². The van der Waals surface area contributed by atoms with Gasteiger partial charge in [-0.2, -0.15) is 8.78 Å². The van der Waals surface area contributed by atoms with Gasteiger partial charge < -0.3 is 10.1 Å². The Labute approximate surface area is 84.0 Å². The first-order chi connectivity index (χ1) is 6.74. The van der Waals surface area contributed by atoms with Gasteiger partial charge in [0.15, 0.2) is 0 Å². The smallest absolute Gasteiger partial charge is 0.321 e. The lowest BCUT2D eigenvalue weighted by Crippen LogP contribution is -2.39. The Morgan fingerprint density at radius 1 is 1.29 bits per heavy atom. The van der Waals surface area contributed by atoms with E-state index in [9.17, 15) is 8.78 Å². The van der Waals surface area contributed by atoms with E-state index >= 15 is 0 Å². The Morgan fingerprint density at radius 2 is 1.93 bits per heavy atom. The molecule has 0 aromatic carbocycles. The van der Waals surface area contributed by atoms with Crippen LogP contribution in [0.5, 0.6) is 0 Å². The molecule has 1 saturated carbocycles. The molecule has 0 aromatic heterocycles. The van der Waals surface area contributed by atoms with Crippen LogP contribution in [-0.2, 0) is 4.74 Å². The van der Waals surface area contributed by atoms with Gasteiger partial charge in [-0.15, -0.1) is 0 Å². The van der Waals surface area contributed by atoms with Crippen molar-refractivity contribution in [3.63, 3.8) is 0 Å². The maximum Gasteiger partial charge on any atom is 0.345 e. The molecule has 1 fully saturated rings. The molecule has 1 N–H and O–H groups in total. The number of likely N-dealkylation sites (N-methyl/N-ethyl adjacent to an activating group) is 1. The van der Waals surface area contributed by atoms with E-state index in [0.717, 1.165) is 12.8 Å². The van der Waals surface area contributed by atoms with E-state index in [0.29, 0.717) is 5.92 Å². The first kappa shape index (κ1) is 11.9. The van der Waals surface area contributed by atoms with Crippen LogP contribution in [0.2, 0.25) is 0 Å². The number of alkyl halides is 2. The lowest BCUT2D eigenvalue weighted by molar-refractivity contribution is -0.137. The van der Waals surface area contributed by atoms with Gasteiger partial charge in [-0.25, -0.2) is 0 Å². The van der Waals surface area contributed by atoms with Gasteiger partial charge in [0.1, 0.15) is 0 Å². The summed E-state index contributed by atoms with van der Waals surface area (Å²) in [5.74, 6) is 0.507. The Kier molecular flexibility index (Phi) is 5.33.